The molecule has 0 saturated heterocycles. The Balaban J connectivity index is 1.95. The molecule has 0 fully saturated rings. The first kappa shape index (κ1) is 13.8. The maximum Gasteiger partial charge on any atom is 0.163 e. The van der Waals surface area contributed by atoms with Gasteiger partial charge >= 0.3 is 0 Å². The van der Waals surface area contributed by atoms with E-state index in [1.807, 2.05) is 44.4 Å². The molecule has 0 amide bonds. The molecular formula is C17H15N5. The number of hydrogen-bond acceptors (Lipinski definition) is 4. The van der Waals surface area contributed by atoms with E-state index >= 15 is 0 Å². The minimum atomic E-state index is 0.377. The van der Waals surface area contributed by atoms with Crippen molar-refractivity contribution in [2.45, 2.75) is 0 Å². The average molecular weight is 289 g/mol. The molecule has 0 aliphatic heterocycles. The SMILES string of the molecule is CN(C)c1cccc(-c2ccc(-c3nn[nH]c3C#N)cc2)c1. The summed E-state index contributed by atoms with van der Waals surface area (Å²) in [6.07, 6.45) is 0. The molecule has 1 aromatic heterocycles. The molecule has 2 aromatic carbocycles. The molecule has 0 unspecified atom stereocenters. The third-order valence-electron chi connectivity index (χ3n) is 3.51. The standard InChI is InChI=1S/C17H15N5/c1-22(2)15-5-3-4-14(10-15)12-6-8-13(9-7-12)17-16(11-18)19-21-20-17/h3-10H,1-2H3,(H,19,20,21). The second-order valence-electron chi connectivity index (χ2n) is 5.17. The summed E-state index contributed by atoms with van der Waals surface area (Å²) in [7, 11) is 4.05. The Morgan fingerprint density at radius 2 is 1.73 bits per heavy atom. The lowest BCUT2D eigenvalue weighted by Crippen LogP contribution is -2.08. The van der Waals surface area contributed by atoms with Crippen LogP contribution in [0.5, 0.6) is 0 Å². The van der Waals surface area contributed by atoms with Gasteiger partial charge in [0.1, 0.15) is 11.8 Å². The fourth-order valence-corrected chi connectivity index (χ4v) is 2.29. The average Bonchev–Trinajstić information content (AvgIpc) is 3.04. The van der Waals surface area contributed by atoms with Gasteiger partial charge in [-0.1, -0.05) is 41.6 Å². The molecule has 108 valence electrons. The van der Waals surface area contributed by atoms with Gasteiger partial charge in [-0.2, -0.15) is 5.26 Å². The first-order valence-electron chi connectivity index (χ1n) is 6.88. The van der Waals surface area contributed by atoms with Crippen molar-refractivity contribution in [2.24, 2.45) is 0 Å². The van der Waals surface area contributed by atoms with Gasteiger partial charge in [0.25, 0.3) is 0 Å². The summed E-state index contributed by atoms with van der Waals surface area (Å²) in [4.78, 5) is 2.08. The Labute approximate surface area is 128 Å². The van der Waals surface area contributed by atoms with Gasteiger partial charge in [-0.15, -0.1) is 5.10 Å². The van der Waals surface area contributed by atoms with E-state index in [4.69, 9.17) is 5.26 Å². The van der Waals surface area contributed by atoms with Crippen molar-refractivity contribution in [3.05, 3.63) is 54.2 Å². The summed E-state index contributed by atoms with van der Waals surface area (Å²) in [5, 5.41) is 19.3. The number of rotatable bonds is 3. The fourth-order valence-electron chi connectivity index (χ4n) is 2.29. The third kappa shape index (κ3) is 2.54. The maximum absolute atomic E-state index is 9.02. The van der Waals surface area contributed by atoms with Gasteiger partial charge in [-0.25, -0.2) is 5.10 Å². The van der Waals surface area contributed by atoms with Crippen LogP contribution in [0, 0.1) is 11.3 Å². The van der Waals surface area contributed by atoms with E-state index in [0.29, 0.717) is 11.4 Å². The molecule has 1 N–H and O–H groups in total. The monoisotopic (exact) mass is 289 g/mol. The second kappa shape index (κ2) is 5.70. The van der Waals surface area contributed by atoms with Crippen LogP contribution >= 0.6 is 0 Å². The molecule has 0 radical (unpaired) electrons. The van der Waals surface area contributed by atoms with Crippen LogP contribution in [-0.4, -0.2) is 29.5 Å². The minimum Gasteiger partial charge on any atom is -0.378 e. The molecule has 5 nitrogen and oxygen atoms in total. The predicted octanol–water partition coefficient (Wildman–Crippen LogP) is 3.08. The zero-order chi connectivity index (χ0) is 15.5. The molecule has 0 bridgehead atoms. The smallest absolute Gasteiger partial charge is 0.163 e. The molecule has 0 spiro atoms. The Hall–Kier alpha value is -3.13. The highest BCUT2D eigenvalue weighted by atomic mass is 15.3. The molecule has 3 aromatic rings. The summed E-state index contributed by atoms with van der Waals surface area (Å²) >= 11 is 0. The Kier molecular flexibility index (Phi) is 3.58. The first-order chi connectivity index (χ1) is 10.7. The maximum atomic E-state index is 9.02. The van der Waals surface area contributed by atoms with Crippen LogP contribution < -0.4 is 4.90 Å². The quantitative estimate of drug-likeness (QED) is 0.804. The van der Waals surface area contributed by atoms with Gasteiger partial charge in [0, 0.05) is 25.3 Å². The van der Waals surface area contributed by atoms with Crippen molar-refractivity contribution in [3.8, 4) is 28.5 Å². The molecule has 0 saturated carbocycles. The van der Waals surface area contributed by atoms with E-state index in [-0.39, 0.29) is 0 Å². The predicted molar refractivity (Wildman–Crippen MR) is 86.3 cm³/mol. The number of aromatic nitrogens is 3. The van der Waals surface area contributed by atoms with E-state index in [2.05, 4.69) is 44.6 Å². The van der Waals surface area contributed by atoms with Crippen molar-refractivity contribution in [1.82, 2.24) is 15.4 Å². The molecule has 0 atom stereocenters. The first-order valence-corrected chi connectivity index (χ1v) is 6.88. The molecule has 0 aliphatic carbocycles. The Bertz CT molecular complexity index is 825. The number of aromatic amines is 1. The third-order valence-corrected chi connectivity index (χ3v) is 3.51. The van der Waals surface area contributed by atoms with Crippen LogP contribution in [0.2, 0.25) is 0 Å². The Morgan fingerprint density at radius 1 is 1.00 bits per heavy atom. The number of nitrogens with one attached hydrogen (secondary N) is 1. The number of anilines is 1. The van der Waals surface area contributed by atoms with Crippen LogP contribution in [0.15, 0.2) is 48.5 Å². The molecule has 22 heavy (non-hydrogen) atoms. The Morgan fingerprint density at radius 3 is 2.41 bits per heavy atom. The molecule has 0 aliphatic rings. The molecular weight excluding hydrogens is 274 g/mol. The zero-order valence-corrected chi connectivity index (χ0v) is 12.4. The summed E-state index contributed by atoms with van der Waals surface area (Å²) in [5.41, 5.74) is 5.26. The van der Waals surface area contributed by atoms with E-state index in [1.54, 1.807) is 0 Å². The molecule has 1 heterocycles. The molecule has 3 rings (SSSR count). The van der Waals surface area contributed by atoms with Crippen molar-refractivity contribution < 1.29 is 0 Å². The lowest BCUT2D eigenvalue weighted by atomic mass is 10.0. The summed E-state index contributed by atoms with van der Waals surface area (Å²) in [6, 6.07) is 18.4. The fraction of sp³-hybridized carbons (Fsp3) is 0.118. The van der Waals surface area contributed by atoms with Crippen LogP contribution in [0.25, 0.3) is 22.4 Å². The van der Waals surface area contributed by atoms with Crippen molar-refractivity contribution in [3.63, 3.8) is 0 Å². The largest absolute Gasteiger partial charge is 0.378 e. The minimum absolute atomic E-state index is 0.377. The van der Waals surface area contributed by atoms with Gasteiger partial charge in [0.2, 0.25) is 0 Å². The number of H-pyrrole nitrogens is 1. The topological polar surface area (TPSA) is 68.6 Å². The highest BCUT2D eigenvalue weighted by Crippen LogP contribution is 2.27. The van der Waals surface area contributed by atoms with Crippen LogP contribution in [0.1, 0.15) is 5.69 Å². The van der Waals surface area contributed by atoms with E-state index in [1.165, 1.54) is 0 Å². The van der Waals surface area contributed by atoms with Crippen molar-refractivity contribution >= 4 is 5.69 Å². The summed E-state index contributed by atoms with van der Waals surface area (Å²) < 4.78 is 0. The lowest BCUT2D eigenvalue weighted by Gasteiger charge is -2.13. The van der Waals surface area contributed by atoms with Crippen LogP contribution in [-0.2, 0) is 0 Å². The van der Waals surface area contributed by atoms with Crippen molar-refractivity contribution in [1.29, 1.82) is 5.26 Å². The highest BCUT2D eigenvalue weighted by molar-refractivity contribution is 5.72. The van der Waals surface area contributed by atoms with Gasteiger partial charge in [-0.3, -0.25) is 0 Å². The lowest BCUT2D eigenvalue weighted by molar-refractivity contribution is 0.937. The van der Waals surface area contributed by atoms with E-state index in [0.717, 1.165) is 22.4 Å². The van der Waals surface area contributed by atoms with Gasteiger partial charge in [0.05, 0.1) is 0 Å². The number of nitrogens with zero attached hydrogens (tertiary/aromatic N) is 4. The van der Waals surface area contributed by atoms with Gasteiger partial charge < -0.3 is 4.90 Å². The summed E-state index contributed by atoms with van der Waals surface area (Å²) in [5.74, 6) is 0. The molecule has 5 heteroatoms. The van der Waals surface area contributed by atoms with Gasteiger partial charge in [-0.05, 0) is 23.3 Å². The van der Waals surface area contributed by atoms with Crippen molar-refractivity contribution in [2.75, 3.05) is 19.0 Å². The number of nitriles is 1. The highest BCUT2D eigenvalue weighted by Gasteiger charge is 2.09. The van der Waals surface area contributed by atoms with E-state index < -0.39 is 0 Å². The van der Waals surface area contributed by atoms with Crippen LogP contribution in [0.4, 0.5) is 5.69 Å². The zero-order valence-electron chi connectivity index (χ0n) is 12.4. The number of benzene rings is 2. The second-order valence-corrected chi connectivity index (χ2v) is 5.17. The normalized spacial score (nSPS) is 10.2. The van der Waals surface area contributed by atoms with Gasteiger partial charge in [0.15, 0.2) is 5.69 Å². The number of hydrogen-bond donors (Lipinski definition) is 1. The van der Waals surface area contributed by atoms with Crippen LogP contribution in [0.3, 0.4) is 0 Å². The summed E-state index contributed by atoms with van der Waals surface area (Å²) in [6.45, 7) is 0. The van der Waals surface area contributed by atoms with E-state index in [9.17, 15) is 0 Å².